The predicted octanol–water partition coefficient (Wildman–Crippen LogP) is 5.49. The SMILES string of the molecule is CC(F)(F)c1ccc(OC(=O)Oc2ccc(C(C)(F)F)cc2)cc1. The average molecular weight is 342 g/mol. The minimum atomic E-state index is -3.00. The molecular formula is C17H14F4O3. The van der Waals surface area contributed by atoms with Crippen molar-refractivity contribution in [3.63, 3.8) is 0 Å². The van der Waals surface area contributed by atoms with Crippen LogP contribution in [0, 0.1) is 0 Å². The van der Waals surface area contributed by atoms with Crippen LogP contribution in [0.1, 0.15) is 25.0 Å². The Labute approximate surface area is 135 Å². The molecule has 0 amide bonds. The van der Waals surface area contributed by atoms with Gasteiger partial charge in [-0.1, -0.05) is 0 Å². The van der Waals surface area contributed by atoms with Crippen molar-refractivity contribution >= 4 is 6.16 Å². The number of halogens is 4. The molecule has 128 valence electrons. The first-order valence-electron chi connectivity index (χ1n) is 6.92. The molecule has 7 heteroatoms. The van der Waals surface area contributed by atoms with Gasteiger partial charge in [0, 0.05) is 25.0 Å². The standard InChI is InChI=1S/C17H14F4O3/c1-16(18,19)11-3-7-13(8-4-11)23-15(22)24-14-9-5-12(6-10-14)17(2,20)21/h3-10H,1-2H3. The van der Waals surface area contributed by atoms with Crippen LogP contribution in [-0.4, -0.2) is 6.16 Å². The largest absolute Gasteiger partial charge is 0.519 e. The number of alkyl halides is 4. The highest BCUT2D eigenvalue weighted by molar-refractivity contribution is 5.67. The molecule has 0 aromatic heterocycles. The Morgan fingerprint density at radius 1 is 0.708 bits per heavy atom. The summed E-state index contributed by atoms with van der Waals surface area (Å²) < 4.78 is 61.9. The lowest BCUT2D eigenvalue weighted by atomic mass is 10.1. The molecule has 2 rings (SSSR count). The Balaban J connectivity index is 1.98. The number of benzene rings is 2. The van der Waals surface area contributed by atoms with E-state index in [1.165, 1.54) is 24.3 Å². The fourth-order valence-electron chi connectivity index (χ4n) is 1.84. The fraction of sp³-hybridized carbons (Fsp3) is 0.235. The summed E-state index contributed by atoms with van der Waals surface area (Å²) in [4.78, 5) is 11.6. The van der Waals surface area contributed by atoms with Crippen LogP contribution < -0.4 is 9.47 Å². The Morgan fingerprint density at radius 2 is 1.00 bits per heavy atom. The van der Waals surface area contributed by atoms with Crippen LogP contribution in [0.5, 0.6) is 11.5 Å². The predicted molar refractivity (Wildman–Crippen MR) is 78.7 cm³/mol. The zero-order valence-electron chi connectivity index (χ0n) is 12.9. The monoisotopic (exact) mass is 342 g/mol. The van der Waals surface area contributed by atoms with Crippen LogP contribution in [0.25, 0.3) is 0 Å². The molecule has 0 saturated heterocycles. The van der Waals surface area contributed by atoms with Crippen LogP contribution in [0.15, 0.2) is 48.5 Å². The van der Waals surface area contributed by atoms with Gasteiger partial charge in [0.15, 0.2) is 0 Å². The van der Waals surface area contributed by atoms with E-state index in [-0.39, 0.29) is 22.6 Å². The van der Waals surface area contributed by atoms with Crippen LogP contribution in [-0.2, 0) is 11.8 Å². The lowest BCUT2D eigenvalue weighted by Gasteiger charge is -2.12. The molecule has 0 bridgehead atoms. The second kappa shape index (κ2) is 6.51. The van der Waals surface area contributed by atoms with E-state index in [1.54, 1.807) is 0 Å². The fourth-order valence-corrected chi connectivity index (χ4v) is 1.84. The molecule has 0 fully saturated rings. The van der Waals surface area contributed by atoms with Gasteiger partial charge < -0.3 is 9.47 Å². The maximum absolute atomic E-state index is 13.1. The highest BCUT2D eigenvalue weighted by atomic mass is 19.3. The zero-order chi connectivity index (χ0) is 18.0. The van der Waals surface area contributed by atoms with Gasteiger partial charge in [-0.2, -0.15) is 0 Å². The van der Waals surface area contributed by atoms with Gasteiger partial charge in [-0.05, 0) is 48.5 Å². The maximum atomic E-state index is 13.1. The van der Waals surface area contributed by atoms with Crippen LogP contribution in [0.4, 0.5) is 22.4 Å². The molecule has 0 aliphatic rings. The van der Waals surface area contributed by atoms with Crippen molar-refractivity contribution < 1.29 is 31.8 Å². The Bertz CT molecular complexity index is 637. The summed E-state index contributed by atoms with van der Waals surface area (Å²) in [5.74, 6) is -5.96. The van der Waals surface area contributed by atoms with E-state index in [9.17, 15) is 22.4 Å². The van der Waals surface area contributed by atoms with E-state index in [1.807, 2.05) is 0 Å². The smallest absolute Gasteiger partial charge is 0.395 e. The molecule has 0 aliphatic heterocycles. The molecule has 2 aromatic rings. The number of carbonyl (C=O) groups is 1. The summed E-state index contributed by atoms with van der Waals surface area (Å²) in [7, 11) is 0. The van der Waals surface area contributed by atoms with Crippen molar-refractivity contribution in [3.8, 4) is 11.5 Å². The molecule has 24 heavy (non-hydrogen) atoms. The number of rotatable bonds is 4. The molecule has 0 spiro atoms. The van der Waals surface area contributed by atoms with Crippen molar-refractivity contribution in [3.05, 3.63) is 59.7 Å². The van der Waals surface area contributed by atoms with Crippen molar-refractivity contribution in [2.75, 3.05) is 0 Å². The van der Waals surface area contributed by atoms with E-state index in [4.69, 9.17) is 9.47 Å². The number of hydrogen-bond acceptors (Lipinski definition) is 3. The maximum Gasteiger partial charge on any atom is 0.519 e. The third kappa shape index (κ3) is 4.71. The van der Waals surface area contributed by atoms with Crippen molar-refractivity contribution in [1.29, 1.82) is 0 Å². The van der Waals surface area contributed by atoms with Crippen molar-refractivity contribution in [2.24, 2.45) is 0 Å². The summed E-state index contributed by atoms with van der Waals surface area (Å²) in [6, 6.07) is 9.32. The molecule has 3 nitrogen and oxygen atoms in total. The second-order valence-electron chi connectivity index (χ2n) is 5.28. The van der Waals surface area contributed by atoms with Crippen molar-refractivity contribution in [1.82, 2.24) is 0 Å². The van der Waals surface area contributed by atoms with Gasteiger partial charge in [0.05, 0.1) is 0 Å². The van der Waals surface area contributed by atoms with E-state index in [0.717, 1.165) is 38.1 Å². The summed E-state index contributed by atoms with van der Waals surface area (Å²) in [5, 5.41) is 0. The lowest BCUT2D eigenvalue weighted by Crippen LogP contribution is -2.14. The summed E-state index contributed by atoms with van der Waals surface area (Å²) in [5.41, 5.74) is -0.446. The van der Waals surface area contributed by atoms with Gasteiger partial charge in [-0.15, -0.1) is 0 Å². The van der Waals surface area contributed by atoms with Gasteiger partial charge in [-0.3, -0.25) is 0 Å². The Hall–Kier alpha value is -2.57. The highest BCUT2D eigenvalue weighted by Gasteiger charge is 2.25. The van der Waals surface area contributed by atoms with Gasteiger partial charge >= 0.3 is 6.16 Å². The lowest BCUT2D eigenvalue weighted by molar-refractivity contribution is 0.0168. The second-order valence-corrected chi connectivity index (χ2v) is 5.28. The molecule has 2 aromatic carbocycles. The van der Waals surface area contributed by atoms with Crippen LogP contribution >= 0.6 is 0 Å². The first-order valence-corrected chi connectivity index (χ1v) is 6.92. The Morgan fingerprint density at radius 3 is 1.25 bits per heavy atom. The topological polar surface area (TPSA) is 35.5 Å². The van der Waals surface area contributed by atoms with Crippen molar-refractivity contribution in [2.45, 2.75) is 25.7 Å². The highest BCUT2D eigenvalue weighted by Crippen LogP contribution is 2.29. The first kappa shape index (κ1) is 17.8. The van der Waals surface area contributed by atoms with E-state index >= 15 is 0 Å². The zero-order valence-corrected chi connectivity index (χ0v) is 12.9. The Kier molecular flexibility index (Phi) is 4.82. The minimum absolute atomic E-state index is 0.0183. The number of carbonyl (C=O) groups excluding carboxylic acids is 1. The third-order valence-corrected chi connectivity index (χ3v) is 3.12. The third-order valence-electron chi connectivity index (χ3n) is 3.12. The first-order chi connectivity index (χ1) is 11.1. The van der Waals surface area contributed by atoms with Crippen LogP contribution in [0.2, 0.25) is 0 Å². The normalized spacial score (nSPS) is 11.9. The average Bonchev–Trinajstić information content (AvgIpc) is 2.46. The molecule has 0 N–H and O–H groups in total. The quantitative estimate of drug-likeness (QED) is 0.419. The van der Waals surface area contributed by atoms with E-state index in [2.05, 4.69) is 0 Å². The molecule has 0 aliphatic carbocycles. The van der Waals surface area contributed by atoms with Gasteiger partial charge in [0.25, 0.3) is 11.8 Å². The van der Waals surface area contributed by atoms with Crippen LogP contribution in [0.3, 0.4) is 0 Å². The molecule has 0 atom stereocenters. The number of hydrogen-bond donors (Lipinski definition) is 0. The van der Waals surface area contributed by atoms with Gasteiger partial charge in [0.1, 0.15) is 11.5 Å². The van der Waals surface area contributed by atoms with Gasteiger partial charge in [-0.25, -0.2) is 22.4 Å². The van der Waals surface area contributed by atoms with E-state index in [0.29, 0.717) is 0 Å². The minimum Gasteiger partial charge on any atom is -0.395 e. The summed E-state index contributed by atoms with van der Waals surface area (Å²) >= 11 is 0. The summed E-state index contributed by atoms with van der Waals surface area (Å²) in [6.45, 7) is 1.50. The van der Waals surface area contributed by atoms with Gasteiger partial charge in [0.2, 0.25) is 0 Å². The number of ether oxygens (including phenoxy) is 2. The van der Waals surface area contributed by atoms with E-state index < -0.39 is 18.0 Å². The molecule has 0 heterocycles. The molecule has 0 radical (unpaired) electrons. The molecule has 0 saturated carbocycles. The molecular weight excluding hydrogens is 328 g/mol. The summed E-state index contributed by atoms with van der Waals surface area (Å²) in [6.07, 6.45) is -1.11. The molecule has 0 unspecified atom stereocenters.